The summed E-state index contributed by atoms with van der Waals surface area (Å²) < 4.78 is 47.6. The summed E-state index contributed by atoms with van der Waals surface area (Å²) >= 11 is 0. The second kappa shape index (κ2) is 5.02. The van der Waals surface area contributed by atoms with Crippen LogP contribution in [0.1, 0.15) is 24.1 Å². The summed E-state index contributed by atoms with van der Waals surface area (Å²) in [5.41, 5.74) is 7.66. The molecule has 1 aromatic carbocycles. The lowest BCUT2D eigenvalue weighted by atomic mass is 10.1. The molecule has 0 aliphatic heterocycles. The highest BCUT2D eigenvalue weighted by molar-refractivity contribution is 5.42. The minimum absolute atomic E-state index is 0.390. The van der Waals surface area contributed by atoms with Gasteiger partial charge in [0.25, 0.3) is 0 Å². The lowest BCUT2D eigenvalue weighted by Gasteiger charge is -2.23. The summed E-state index contributed by atoms with van der Waals surface area (Å²) in [6, 6.07) is 4.77. The molecule has 2 rings (SSSR count). The fourth-order valence-corrected chi connectivity index (χ4v) is 2.21. The summed E-state index contributed by atoms with van der Waals surface area (Å²) in [5.74, 6) is 0.638. The standard InChI is InChI=1S/C13H16F3NO2/c1-7(13(14,15)16)19-11-5-8-3-4-9(18-2)6-10(8)12(11)17/h3-4,6-7,11-12H,5,17H2,1-2H3. The van der Waals surface area contributed by atoms with Crippen LogP contribution in [0.3, 0.4) is 0 Å². The molecule has 1 aliphatic carbocycles. The van der Waals surface area contributed by atoms with Crippen molar-refractivity contribution in [2.75, 3.05) is 7.11 Å². The van der Waals surface area contributed by atoms with Crippen molar-refractivity contribution in [2.24, 2.45) is 5.73 Å². The molecule has 0 saturated carbocycles. The Morgan fingerprint density at radius 3 is 2.63 bits per heavy atom. The van der Waals surface area contributed by atoms with Crippen LogP contribution in [0.25, 0.3) is 0 Å². The van der Waals surface area contributed by atoms with Gasteiger partial charge in [0.1, 0.15) is 5.75 Å². The van der Waals surface area contributed by atoms with E-state index in [2.05, 4.69) is 0 Å². The molecule has 19 heavy (non-hydrogen) atoms. The van der Waals surface area contributed by atoms with E-state index in [1.165, 1.54) is 7.11 Å². The van der Waals surface area contributed by atoms with Gasteiger partial charge >= 0.3 is 6.18 Å². The molecule has 106 valence electrons. The molecule has 0 bridgehead atoms. The Bertz CT molecular complexity index is 462. The maximum atomic E-state index is 12.5. The Balaban J connectivity index is 2.13. The zero-order valence-electron chi connectivity index (χ0n) is 10.7. The molecular weight excluding hydrogens is 259 g/mol. The SMILES string of the molecule is COc1ccc2c(c1)C(N)C(OC(C)C(F)(F)F)C2. The highest BCUT2D eigenvalue weighted by Crippen LogP contribution is 2.36. The highest BCUT2D eigenvalue weighted by Gasteiger charge is 2.41. The first-order valence-corrected chi connectivity index (χ1v) is 5.97. The summed E-state index contributed by atoms with van der Waals surface area (Å²) in [6.45, 7) is 0.996. The number of methoxy groups -OCH3 is 1. The van der Waals surface area contributed by atoms with E-state index < -0.39 is 24.4 Å². The average molecular weight is 275 g/mol. The quantitative estimate of drug-likeness (QED) is 0.922. The van der Waals surface area contributed by atoms with Gasteiger partial charge in [0, 0.05) is 6.42 Å². The van der Waals surface area contributed by atoms with E-state index in [4.69, 9.17) is 15.2 Å². The third kappa shape index (κ3) is 2.84. The van der Waals surface area contributed by atoms with Crippen molar-refractivity contribution in [3.8, 4) is 5.75 Å². The van der Waals surface area contributed by atoms with Crippen LogP contribution in [0.2, 0.25) is 0 Å². The monoisotopic (exact) mass is 275 g/mol. The zero-order chi connectivity index (χ0) is 14.2. The van der Waals surface area contributed by atoms with Gasteiger partial charge in [-0.05, 0) is 30.2 Å². The topological polar surface area (TPSA) is 44.5 Å². The predicted molar refractivity (Wildman–Crippen MR) is 64.0 cm³/mol. The van der Waals surface area contributed by atoms with E-state index in [0.717, 1.165) is 18.1 Å². The number of alkyl halides is 3. The number of nitrogens with two attached hydrogens (primary N) is 1. The van der Waals surface area contributed by atoms with Crippen molar-refractivity contribution in [3.05, 3.63) is 29.3 Å². The number of fused-ring (bicyclic) bond motifs is 1. The van der Waals surface area contributed by atoms with E-state index in [9.17, 15) is 13.2 Å². The van der Waals surface area contributed by atoms with Crippen LogP contribution in [0.4, 0.5) is 13.2 Å². The summed E-state index contributed by atoms with van der Waals surface area (Å²) in [6.07, 6.45) is -6.45. The van der Waals surface area contributed by atoms with Crippen LogP contribution < -0.4 is 10.5 Å². The summed E-state index contributed by atoms with van der Waals surface area (Å²) in [5, 5.41) is 0. The van der Waals surface area contributed by atoms with Crippen LogP contribution >= 0.6 is 0 Å². The van der Waals surface area contributed by atoms with Gasteiger partial charge in [-0.3, -0.25) is 0 Å². The Hall–Kier alpha value is -1.27. The summed E-state index contributed by atoms with van der Waals surface area (Å²) in [4.78, 5) is 0. The number of hydrogen-bond donors (Lipinski definition) is 1. The molecule has 0 heterocycles. The first-order valence-electron chi connectivity index (χ1n) is 5.97. The lowest BCUT2D eigenvalue weighted by molar-refractivity contribution is -0.227. The van der Waals surface area contributed by atoms with Crippen LogP contribution in [0, 0.1) is 0 Å². The molecule has 0 radical (unpaired) electrons. The maximum absolute atomic E-state index is 12.5. The van der Waals surface area contributed by atoms with Gasteiger partial charge in [0.05, 0.1) is 19.3 Å². The molecule has 1 aliphatic rings. The number of halogens is 3. The molecule has 0 fully saturated rings. The molecule has 0 amide bonds. The molecule has 2 N–H and O–H groups in total. The van der Waals surface area contributed by atoms with Gasteiger partial charge in [-0.2, -0.15) is 13.2 Å². The van der Waals surface area contributed by atoms with Crippen molar-refractivity contribution in [3.63, 3.8) is 0 Å². The largest absolute Gasteiger partial charge is 0.497 e. The van der Waals surface area contributed by atoms with Gasteiger partial charge < -0.3 is 15.2 Å². The fourth-order valence-electron chi connectivity index (χ4n) is 2.21. The minimum atomic E-state index is -4.37. The molecule has 0 spiro atoms. The average Bonchev–Trinajstić information content (AvgIpc) is 2.65. The molecule has 0 aromatic heterocycles. The number of rotatable bonds is 3. The van der Waals surface area contributed by atoms with Crippen molar-refractivity contribution in [1.82, 2.24) is 0 Å². The Morgan fingerprint density at radius 1 is 1.37 bits per heavy atom. The molecule has 3 nitrogen and oxygen atoms in total. The molecular formula is C13H16F3NO2. The van der Waals surface area contributed by atoms with Gasteiger partial charge in [0.2, 0.25) is 0 Å². The second-order valence-electron chi connectivity index (χ2n) is 4.65. The summed E-state index contributed by atoms with van der Waals surface area (Å²) in [7, 11) is 1.53. The second-order valence-corrected chi connectivity index (χ2v) is 4.65. The molecule has 3 unspecified atom stereocenters. The first-order chi connectivity index (χ1) is 8.82. The van der Waals surface area contributed by atoms with Crippen LogP contribution in [-0.2, 0) is 11.2 Å². The van der Waals surface area contributed by atoms with E-state index in [0.29, 0.717) is 12.2 Å². The minimum Gasteiger partial charge on any atom is -0.497 e. The van der Waals surface area contributed by atoms with E-state index in [1.807, 2.05) is 6.07 Å². The number of benzene rings is 1. The van der Waals surface area contributed by atoms with Crippen molar-refractivity contribution >= 4 is 0 Å². The molecule has 6 heteroatoms. The van der Waals surface area contributed by atoms with E-state index in [-0.39, 0.29) is 0 Å². The number of ether oxygens (including phenoxy) is 2. The van der Waals surface area contributed by atoms with Crippen LogP contribution in [0.5, 0.6) is 5.75 Å². The molecule has 1 aromatic rings. The van der Waals surface area contributed by atoms with Gasteiger partial charge in [-0.15, -0.1) is 0 Å². The van der Waals surface area contributed by atoms with Crippen molar-refractivity contribution < 1.29 is 22.6 Å². The van der Waals surface area contributed by atoms with Gasteiger partial charge in [-0.25, -0.2) is 0 Å². The van der Waals surface area contributed by atoms with Crippen LogP contribution in [0.15, 0.2) is 18.2 Å². The Morgan fingerprint density at radius 2 is 2.05 bits per heavy atom. The van der Waals surface area contributed by atoms with Crippen LogP contribution in [-0.4, -0.2) is 25.5 Å². The Labute approximate surface area is 109 Å². The van der Waals surface area contributed by atoms with Crippen molar-refractivity contribution in [1.29, 1.82) is 0 Å². The first kappa shape index (κ1) is 14.1. The zero-order valence-corrected chi connectivity index (χ0v) is 10.7. The molecule has 0 saturated heterocycles. The number of hydrogen-bond acceptors (Lipinski definition) is 3. The predicted octanol–water partition coefficient (Wildman–Crippen LogP) is 2.59. The smallest absolute Gasteiger partial charge is 0.414 e. The van der Waals surface area contributed by atoms with E-state index in [1.54, 1.807) is 12.1 Å². The van der Waals surface area contributed by atoms with Gasteiger partial charge in [-0.1, -0.05) is 6.07 Å². The fraction of sp³-hybridized carbons (Fsp3) is 0.538. The third-order valence-electron chi connectivity index (χ3n) is 3.37. The molecule has 3 atom stereocenters. The normalized spacial score (nSPS) is 24.1. The lowest BCUT2D eigenvalue weighted by Crippen LogP contribution is -2.36. The third-order valence-corrected chi connectivity index (χ3v) is 3.37. The Kier molecular flexibility index (Phi) is 3.73. The van der Waals surface area contributed by atoms with Crippen molar-refractivity contribution in [2.45, 2.75) is 37.8 Å². The van der Waals surface area contributed by atoms with E-state index >= 15 is 0 Å². The maximum Gasteiger partial charge on any atom is 0.414 e. The van der Waals surface area contributed by atoms with Gasteiger partial charge in [0.15, 0.2) is 6.10 Å². The highest BCUT2D eigenvalue weighted by atomic mass is 19.4.